The Bertz CT molecular complexity index is 802. The average Bonchev–Trinajstić information content (AvgIpc) is 3.17. The van der Waals surface area contributed by atoms with E-state index in [0.717, 1.165) is 12.8 Å². The van der Waals surface area contributed by atoms with Crippen LogP contribution in [0.1, 0.15) is 55.7 Å². The van der Waals surface area contributed by atoms with Crippen molar-refractivity contribution in [1.82, 2.24) is 5.32 Å². The van der Waals surface area contributed by atoms with E-state index in [4.69, 9.17) is 0 Å². The van der Waals surface area contributed by atoms with Crippen LogP contribution >= 0.6 is 0 Å². The topological polar surface area (TPSA) is 12.0 Å². The van der Waals surface area contributed by atoms with Crippen molar-refractivity contribution < 1.29 is 0 Å². The molecule has 0 amide bonds. The zero-order valence-corrected chi connectivity index (χ0v) is 16.2. The van der Waals surface area contributed by atoms with E-state index in [9.17, 15) is 0 Å². The largest absolute Gasteiger partial charge is 0.294 e. The zero-order valence-electron chi connectivity index (χ0n) is 16.2. The van der Waals surface area contributed by atoms with Crippen LogP contribution in [-0.2, 0) is 11.1 Å². The highest BCUT2D eigenvalue weighted by Gasteiger charge is 2.49. The first-order chi connectivity index (χ1) is 13.3. The van der Waals surface area contributed by atoms with Crippen LogP contribution in [0.4, 0.5) is 0 Å². The molecule has 1 aliphatic rings. The van der Waals surface area contributed by atoms with Crippen molar-refractivity contribution in [3.8, 4) is 0 Å². The monoisotopic (exact) mass is 355 g/mol. The molecule has 1 unspecified atom stereocenters. The average molecular weight is 356 g/mol. The van der Waals surface area contributed by atoms with Crippen molar-refractivity contribution in [2.45, 2.75) is 50.1 Å². The lowest BCUT2D eigenvalue weighted by Crippen LogP contribution is -2.47. The molecule has 138 valence electrons. The number of benzene rings is 3. The lowest BCUT2D eigenvalue weighted by Gasteiger charge is -2.38. The molecule has 0 aliphatic carbocycles. The number of hydrogen-bond acceptors (Lipinski definition) is 1. The normalized spacial score (nSPS) is 21.2. The van der Waals surface area contributed by atoms with Crippen LogP contribution in [0.15, 0.2) is 91.0 Å². The molecule has 0 bridgehead atoms. The SMILES string of the molecule is CCCCC1(c2ccccc2)CCC(c2ccccc2)(c2ccccc2)N1. The third kappa shape index (κ3) is 3.33. The number of hydrogen-bond donors (Lipinski definition) is 1. The molecule has 1 nitrogen and oxygen atoms in total. The molecule has 3 aromatic rings. The molecule has 27 heavy (non-hydrogen) atoms. The van der Waals surface area contributed by atoms with Gasteiger partial charge in [-0.05, 0) is 36.0 Å². The highest BCUT2D eigenvalue weighted by atomic mass is 15.1. The van der Waals surface area contributed by atoms with Gasteiger partial charge >= 0.3 is 0 Å². The number of rotatable bonds is 6. The van der Waals surface area contributed by atoms with Crippen LogP contribution in [0.25, 0.3) is 0 Å². The van der Waals surface area contributed by atoms with Crippen LogP contribution in [-0.4, -0.2) is 0 Å². The van der Waals surface area contributed by atoms with Gasteiger partial charge in [0.2, 0.25) is 0 Å². The second-order valence-corrected chi connectivity index (χ2v) is 7.81. The van der Waals surface area contributed by atoms with Gasteiger partial charge in [-0.25, -0.2) is 0 Å². The van der Waals surface area contributed by atoms with Crippen molar-refractivity contribution in [2.75, 3.05) is 0 Å². The van der Waals surface area contributed by atoms with Gasteiger partial charge in [-0.1, -0.05) is 111 Å². The predicted molar refractivity (Wildman–Crippen MR) is 114 cm³/mol. The predicted octanol–water partition coefficient (Wildman–Crippen LogP) is 6.40. The quantitative estimate of drug-likeness (QED) is 0.539. The molecule has 1 heterocycles. The first-order valence-corrected chi connectivity index (χ1v) is 10.2. The van der Waals surface area contributed by atoms with Crippen LogP contribution in [0, 0.1) is 0 Å². The third-order valence-electron chi connectivity index (χ3n) is 6.20. The molecule has 0 aromatic heterocycles. The zero-order chi connectivity index (χ0) is 18.6. The van der Waals surface area contributed by atoms with E-state index in [2.05, 4.69) is 103 Å². The van der Waals surface area contributed by atoms with Gasteiger partial charge in [-0.3, -0.25) is 5.32 Å². The fourth-order valence-electron chi connectivity index (χ4n) is 4.76. The van der Waals surface area contributed by atoms with Crippen molar-refractivity contribution in [2.24, 2.45) is 0 Å². The Kier molecular flexibility index (Phi) is 5.13. The molecule has 0 spiro atoms. The van der Waals surface area contributed by atoms with Crippen LogP contribution in [0.3, 0.4) is 0 Å². The van der Waals surface area contributed by atoms with E-state index >= 15 is 0 Å². The van der Waals surface area contributed by atoms with E-state index in [1.54, 1.807) is 0 Å². The summed E-state index contributed by atoms with van der Waals surface area (Å²) in [6.07, 6.45) is 5.90. The minimum Gasteiger partial charge on any atom is -0.294 e. The molecule has 3 aromatic carbocycles. The smallest absolute Gasteiger partial charge is 0.0698 e. The summed E-state index contributed by atoms with van der Waals surface area (Å²) in [5.74, 6) is 0. The Morgan fingerprint density at radius 2 is 1.15 bits per heavy atom. The summed E-state index contributed by atoms with van der Waals surface area (Å²) in [6.45, 7) is 2.29. The summed E-state index contributed by atoms with van der Waals surface area (Å²) in [6, 6.07) is 33.1. The van der Waals surface area contributed by atoms with Gasteiger partial charge in [0, 0.05) is 5.54 Å². The minimum atomic E-state index is -0.133. The van der Waals surface area contributed by atoms with Crippen molar-refractivity contribution in [3.63, 3.8) is 0 Å². The second-order valence-electron chi connectivity index (χ2n) is 7.81. The lowest BCUT2D eigenvalue weighted by atomic mass is 9.81. The maximum atomic E-state index is 4.20. The van der Waals surface area contributed by atoms with E-state index in [-0.39, 0.29) is 11.1 Å². The molecule has 4 rings (SSSR count). The summed E-state index contributed by atoms with van der Waals surface area (Å²) in [4.78, 5) is 0. The molecule has 1 N–H and O–H groups in total. The Hall–Kier alpha value is -2.38. The minimum absolute atomic E-state index is 0.0307. The van der Waals surface area contributed by atoms with Gasteiger partial charge in [-0.2, -0.15) is 0 Å². The molecular weight excluding hydrogens is 326 g/mol. The summed E-state index contributed by atoms with van der Waals surface area (Å²) < 4.78 is 0. The van der Waals surface area contributed by atoms with E-state index < -0.39 is 0 Å². The fourth-order valence-corrected chi connectivity index (χ4v) is 4.76. The van der Waals surface area contributed by atoms with Crippen LogP contribution in [0.5, 0.6) is 0 Å². The third-order valence-corrected chi connectivity index (χ3v) is 6.20. The van der Waals surface area contributed by atoms with Gasteiger partial charge in [0.1, 0.15) is 0 Å². The molecular formula is C26H29N. The molecule has 1 heteroatoms. The Morgan fingerprint density at radius 3 is 1.63 bits per heavy atom. The Morgan fingerprint density at radius 1 is 0.667 bits per heavy atom. The summed E-state index contributed by atoms with van der Waals surface area (Å²) in [7, 11) is 0. The lowest BCUT2D eigenvalue weighted by molar-refractivity contribution is 0.302. The summed E-state index contributed by atoms with van der Waals surface area (Å²) in [5.41, 5.74) is 4.05. The fraction of sp³-hybridized carbons (Fsp3) is 0.308. The number of nitrogens with one attached hydrogen (secondary N) is 1. The van der Waals surface area contributed by atoms with E-state index in [0.29, 0.717) is 0 Å². The standard InChI is InChI=1S/C26H29N/c1-2-3-19-25(22-13-7-4-8-14-22)20-21-26(27-25,23-15-9-5-10-16-23)24-17-11-6-12-18-24/h4-18,27H,2-3,19-21H2,1H3. The van der Waals surface area contributed by atoms with Gasteiger partial charge in [0.15, 0.2) is 0 Å². The van der Waals surface area contributed by atoms with E-state index in [1.807, 2.05) is 0 Å². The highest BCUT2D eigenvalue weighted by molar-refractivity contribution is 5.42. The Labute approximate surface area is 163 Å². The molecule has 0 saturated carbocycles. The second kappa shape index (κ2) is 7.70. The van der Waals surface area contributed by atoms with Gasteiger partial charge in [-0.15, -0.1) is 0 Å². The van der Waals surface area contributed by atoms with E-state index in [1.165, 1.54) is 36.0 Å². The summed E-state index contributed by atoms with van der Waals surface area (Å²) in [5, 5.41) is 4.20. The molecule has 0 radical (unpaired) electrons. The van der Waals surface area contributed by atoms with Gasteiger partial charge in [0.05, 0.1) is 5.54 Å². The van der Waals surface area contributed by atoms with Gasteiger partial charge < -0.3 is 0 Å². The highest BCUT2D eigenvalue weighted by Crippen LogP contribution is 2.49. The van der Waals surface area contributed by atoms with Gasteiger partial charge in [0.25, 0.3) is 0 Å². The van der Waals surface area contributed by atoms with Crippen LogP contribution < -0.4 is 5.32 Å². The number of unbranched alkanes of at least 4 members (excludes halogenated alkanes) is 1. The van der Waals surface area contributed by atoms with Crippen LogP contribution in [0.2, 0.25) is 0 Å². The van der Waals surface area contributed by atoms with Crippen molar-refractivity contribution in [3.05, 3.63) is 108 Å². The van der Waals surface area contributed by atoms with Crippen molar-refractivity contribution >= 4 is 0 Å². The maximum absolute atomic E-state index is 4.20. The Balaban J connectivity index is 1.82. The molecule has 1 atom stereocenters. The van der Waals surface area contributed by atoms with Crippen molar-refractivity contribution in [1.29, 1.82) is 0 Å². The first-order valence-electron chi connectivity index (χ1n) is 10.2. The molecule has 1 saturated heterocycles. The molecule has 1 aliphatic heterocycles. The molecule has 1 fully saturated rings. The summed E-state index contributed by atoms with van der Waals surface area (Å²) >= 11 is 0. The maximum Gasteiger partial charge on any atom is 0.0698 e. The first kappa shape index (κ1) is 18.0.